The van der Waals surface area contributed by atoms with E-state index in [-0.39, 0.29) is 5.92 Å². The van der Waals surface area contributed by atoms with Gasteiger partial charge >= 0.3 is 0 Å². The van der Waals surface area contributed by atoms with Gasteiger partial charge in [0.25, 0.3) is 0 Å². The Morgan fingerprint density at radius 1 is 0.895 bits per heavy atom. The van der Waals surface area contributed by atoms with Crippen molar-refractivity contribution in [2.45, 2.75) is 70.0 Å². The van der Waals surface area contributed by atoms with E-state index in [1.165, 1.54) is 24.8 Å². The van der Waals surface area contributed by atoms with E-state index in [9.17, 15) is 10.2 Å². The second-order valence-corrected chi connectivity index (χ2v) is 10.8. The monoisotopic (exact) mass is 515 g/mol. The molecule has 1 heterocycles. The standard InChI is InChI=1S/C34H45NO3/c1-3-4-6-12-27-18-20-28(21-19-27)32(36)16-11-24-35-25-22-30(23-26-35)34(37,29-13-7-5-8-14-29)31-15-9-10-17-33(31)38-2/h5,7-10,13-15,17-21,30,32,36-37H,3-4,6,11-12,16,22-26H2,1-2H3. The Balaban J connectivity index is 1.32. The summed E-state index contributed by atoms with van der Waals surface area (Å²) >= 11 is 0. The van der Waals surface area contributed by atoms with Crippen LogP contribution in [0.1, 0.15) is 80.2 Å². The molecule has 38 heavy (non-hydrogen) atoms. The summed E-state index contributed by atoms with van der Waals surface area (Å²) in [5, 5.41) is 23.0. The van der Waals surface area contributed by atoms with E-state index in [1.54, 1.807) is 7.11 Å². The van der Waals surface area contributed by atoms with Gasteiger partial charge in [0.2, 0.25) is 0 Å². The van der Waals surface area contributed by atoms with Crippen molar-refractivity contribution in [2.24, 2.45) is 5.92 Å². The molecule has 4 nitrogen and oxygen atoms in total. The predicted molar refractivity (Wildman–Crippen MR) is 155 cm³/mol. The van der Waals surface area contributed by atoms with E-state index in [2.05, 4.69) is 36.1 Å². The van der Waals surface area contributed by atoms with Gasteiger partial charge in [-0.25, -0.2) is 0 Å². The van der Waals surface area contributed by atoms with Crippen LogP contribution in [0.3, 0.4) is 0 Å². The number of unbranched alkanes of at least 4 members (excludes halogenated alkanes) is 2. The first-order chi connectivity index (χ1) is 18.6. The average Bonchev–Trinajstić information content (AvgIpc) is 2.98. The second-order valence-electron chi connectivity index (χ2n) is 10.8. The molecular weight excluding hydrogens is 470 g/mol. The number of nitrogens with zero attached hydrogens (tertiary/aromatic N) is 1. The largest absolute Gasteiger partial charge is 0.496 e. The van der Waals surface area contributed by atoms with E-state index in [4.69, 9.17) is 4.74 Å². The highest BCUT2D eigenvalue weighted by molar-refractivity contribution is 5.45. The molecule has 204 valence electrons. The van der Waals surface area contributed by atoms with Crippen molar-refractivity contribution in [1.82, 2.24) is 4.90 Å². The van der Waals surface area contributed by atoms with Crippen molar-refractivity contribution in [2.75, 3.05) is 26.7 Å². The summed E-state index contributed by atoms with van der Waals surface area (Å²) < 4.78 is 5.67. The SMILES string of the molecule is CCCCCc1ccc(C(O)CCCN2CCC(C(O)(c3ccccc3)c3ccccc3OC)CC2)cc1. The number of aryl methyl sites for hydroxylation is 1. The number of rotatable bonds is 13. The quantitative estimate of drug-likeness (QED) is 0.243. The molecule has 2 atom stereocenters. The topological polar surface area (TPSA) is 52.9 Å². The molecule has 1 fully saturated rings. The van der Waals surface area contributed by atoms with Crippen LogP contribution in [-0.4, -0.2) is 41.9 Å². The minimum absolute atomic E-state index is 0.0962. The van der Waals surface area contributed by atoms with Crippen LogP contribution < -0.4 is 4.74 Å². The van der Waals surface area contributed by atoms with Gasteiger partial charge in [0, 0.05) is 5.56 Å². The lowest BCUT2D eigenvalue weighted by Crippen LogP contribution is -2.44. The van der Waals surface area contributed by atoms with Crippen molar-refractivity contribution in [3.8, 4) is 5.75 Å². The number of methoxy groups -OCH3 is 1. The Kier molecular flexibility index (Phi) is 10.4. The van der Waals surface area contributed by atoms with Gasteiger partial charge in [-0.3, -0.25) is 0 Å². The van der Waals surface area contributed by atoms with Crippen LogP contribution in [0.25, 0.3) is 0 Å². The van der Waals surface area contributed by atoms with Crippen LogP contribution in [0, 0.1) is 5.92 Å². The summed E-state index contributed by atoms with van der Waals surface area (Å²) in [6.45, 7) is 5.08. The molecule has 0 radical (unpaired) electrons. The summed E-state index contributed by atoms with van der Waals surface area (Å²) in [6, 6.07) is 26.4. The fourth-order valence-corrected chi connectivity index (χ4v) is 6.00. The second kappa shape index (κ2) is 13.9. The van der Waals surface area contributed by atoms with Crippen molar-refractivity contribution in [3.63, 3.8) is 0 Å². The molecule has 2 N–H and O–H groups in total. The summed E-state index contributed by atoms with van der Waals surface area (Å²) in [5.41, 5.74) is 3.04. The molecule has 1 aliphatic rings. The van der Waals surface area contributed by atoms with Gasteiger partial charge in [0.1, 0.15) is 11.4 Å². The first-order valence-electron chi connectivity index (χ1n) is 14.5. The molecule has 2 unspecified atom stereocenters. The summed E-state index contributed by atoms with van der Waals surface area (Å²) in [5.74, 6) is 0.822. The van der Waals surface area contributed by atoms with Crippen LogP contribution in [-0.2, 0) is 12.0 Å². The van der Waals surface area contributed by atoms with E-state index in [0.717, 1.165) is 74.2 Å². The summed E-state index contributed by atoms with van der Waals surface area (Å²) in [4.78, 5) is 2.48. The Morgan fingerprint density at radius 3 is 2.26 bits per heavy atom. The van der Waals surface area contributed by atoms with Gasteiger partial charge in [0.05, 0.1) is 13.2 Å². The number of benzene rings is 3. The van der Waals surface area contributed by atoms with Crippen LogP contribution in [0.5, 0.6) is 5.75 Å². The lowest BCUT2D eigenvalue weighted by Gasteiger charge is -2.42. The van der Waals surface area contributed by atoms with E-state index in [0.29, 0.717) is 0 Å². The highest BCUT2D eigenvalue weighted by atomic mass is 16.5. The Bertz CT molecular complexity index is 1090. The Labute approximate surface area is 229 Å². The lowest BCUT2D eigenvalue weighted by molar-refractivity contribution is -0.0161. The Hall–Kier alpha value is -2.66. The molecule has 4 heteroatoms. The molecule has 4 rings (SSSR count). The van der Waals surface area contributed by atoms with Gasteiger partial charge in [-0.05, 0) is 86.8 Å². The van der Waals surface area contributed by atoms with Crippen molar-refractivity contribution in [1.29, 1.82) is 0 Å². The van der Waals surface area contributed by atoms with Crippen LogP contribution in [0.2, 0.25) is 0 Å². The maximum Gasteiger partial charge on any atom is 0.125 e. The molecule has 0 amide bonds. The zero-order valence-electron chi connectivity index (χ0n) is 23.2. The van der Waals surface area contributed by atoms with E-state index < -0.39 is 11.7 Å². The van der Waals surface area contributed by atoms with Crippen molar-refractivity contribution in [3.05, 3.63) is 101 Å². The van der Waals surface area contributed by atoms with Gasteiger partial charge < -0.3 is 19.8 Å². The lowest BCUT2D eigenvalue weighted by atomic mass is 9.71. The zero-order chi connectivity index (χ0) is 26.8. The van der Waals surface area contributed by atoms with Crippen LogP contribution >= 0.6 is 0 Å². The number of ether oxygens (including phenoxy) is 1. The molecule has 0 saturated carbocycles. The minimum Gasteiger partial charge on any atom is -0.496 e. The minimum atomic E-state index is -1.10. The third-order valence-corrected chi connectivity index (χ3v) is 8.30. The average molecular weight is 516 g/mol. The van der Waals surface area contributed by atoms with Crippen molar-refractivity contribution < 1.29 is 14.9 Å². The molecular formula is C34H45NO3. The number of hydrogen-bond acceptors (Lipinski definition) is 4. The molecule has 0 bridgehead atoms. The molecule has 0 spiro atoms. The third kappa shape index (κ3) is 6.85. The van der Waals surface area contributed by atoms with Crippen molar-refractivity contribution >= 4 is 0 Å². The fraction of sp³-hybridized carbons (Fsp3) is 0.471. The number of hydrogen-bond donors (Lipinski definition) is 2. The van der Waals surface area contributed by atoms with Gasteiger partial charge in [0.15, 0.2) is 0 Å². The smallest absolute Gasteiger partial charge is 0.125 e. The first-order valence-corrected chi connectivity index (χ1v) is 14.5. The number of para-hydroxylation sites is 1. The highest BCUT2D eigenvalue weighted by Gasteiger charge is 2.43. The fourth-order valence-electron chi connectivity index (χ4n) is 6.00. The van der Waals surface area contributed by atoms with E-state index >= 15 is 0 Å². The normalized spacial score (nSPS) is 17.2. The predicted octanol–water partition coefficient (Wildman–Crippen LogP) is 6.89. The number of aliphatic hydroxyl groups excluding tert-OH is 1. The molecule has 3 aromatic rings. The number of aliphatic hydroxyl groups is 2. The van der Waals surface area contributed by atoms with Gasteiger partial charge in [-0.2, -0.15) is 0 Å². The zero-order valence-corrected chi connectivity index (χ0v) is 23.2. The molecule has 1 aliphatic heterocycles. The van der Waals surface area contributed by atoms with Gasteiger partial charge in [-0.1, -0.05) is 92.6 Å². The van der Waals surface area contributed by atoms with Crippen LogP contribution in [0.4, 0.5) is 0 Å². The first kappa shape index (κ1) is 28.4. The van der Waals surface area contributed by atoms with Gasteiger partial charge in [-0.15, -0.1) is 0 Å². The number of likely N-dealkylation sites (tertiary alicyclic amines) is 1. The molecule has 0 aromatic heterocycles. The molecule has 3 aromatic carbocycles. The maximum atomic E-state index is 12.3. The summed E-state index contributed by atoms with van der Waals surface area (Å²) in [6.07, 6.45) is 8.00. The Morgan fingerprint density at radius 2 is 1.58 bits per heavy atom. The highest BCUT2D eigenvalue weighted by Crippen LogP contribution is 2.45. The van der Waals surface area contributed by atoms with E-state index in [1.807, 2.05) is 54.6 Å². The third-order valence-electron chi connectivity index (χ3n) is 8.30. The number of piperidine rings is 1. The molecule has 1 saturated heterocycles. The molecule has 0 aliphatic carbocycles. The maximum absolute atomic E-state index is 12.3. The summed E-state index contributed by atoms with van der Waals surface area (Å²) in [7, 11) is 1.67. The van der Waals surface area contributed by atoms with Crippen LogP contribution in [0.15, 0.2) is 78.9 Å².